The molecule has 0 radical (unpaired) electrons. The Kier molecular flexibility index (Phi) is 5.15. The van der Waals surface area contributed by atoms with Gasteiger partial charge in [0.1, 0.15) is 6.17 Å². The van der Waals surface area contributed by atoms with Crippen LogP contribution in [0.2, 0.25) is 0 Å². The van der Waals surface area contributed by atoms with E-state index in [2.05, 4.69) is 24.4 Å². The minimum Gasteiger partial charge on any atom is -0.384 e. The van der Waals surface area contributed by atoms with E-state index in [-0.39, 0.29) is 18.1 Å². The van der Waals surface area contributed by atoms with Crippen molar-refractivity contribution in [3.8, 4) is 0 Å². The standard InChI is InChI=1S/C16H24N2O2/c1-4-14-16(19)18(10-12(2)11-20-3)15(17-14)13-8-6-5-7-9-13/h5-9,12,14-15,17H,4,10-11H2,1-3H3. The van der Waals surface area contributed by atoms with Crippen LogP contribution in [0, 0.1) is 5.92 Å². The first-order valence-corrected chi connectivity index (χ1v) is 7.27. The van der Waals surface area contributed by atoms with E-state index in [0.29, 0.717) is 12.5 Å². The topological polar surface area (TPSA) is 41.6 Å². The van der Waals surface area contributed by atoms with Crippen molar-refractivity contribution < 1.29 is 9.53 Å². The highest BCUT2D eigenvalue weighted by atomic mass is 16.5. The van der Waals surface area contributed by atoms with Crippen molar-refractivity contribution in [3.05, 3.63) is 35.9 Å². The molecule has 1 aliphatic rings. The van der Waals surface area contributed by atoms with Crippen LogP contribution >= 0.6 is 0 Å². The maximum atomic E-state index is 12.5. The predicted octanol–water partition coefficient (Wildman–Crippen LogP) is 2.18. The smallest absolute Gasteiger partial charge is 0.241 e. The predicted molar refractivity (Wildman–Crippen MR) is 79.2 cm³/mol. The summed E-state index contributed by atoms with van der Waals surface area (Å²) < 4.78 is 5.18. The van der Waals surface area contributed by atoms with Gasteiger partial charge in [-0.25, -0.2) is 0 Å². The summed E-state index contributed by atoms with van der Waals surface area (Å²) in [5, 5.41) is 3.44. The molecule has 0 saturated carbocycles. The van der Waals surface area contributed by atoms with Gasteiger partial charge in [0.05, 0.1) is 12.6 Å². The number of ether oxygens (including phenoxy) is 1. The second kappa shape index (κ2) is 6.86. The van der Waals surface area contributed by atoms with Gasteiger partial charge in [0.25, 0.3) is 0 Å². The van der Waals surface area contributed by atoms with Crippen molar-refractivity contribution in [2.75, 3.05) is 20.3 Å². The molecule has 1 aromatic carbocycles. The number of nitrogens with one attached hydrogen (secondary N) is 1. The molecule has 0 bridgehead atoms. The molecule has 0 aliphatic carbocycles. The van der Waals surface area contributed by atoms with Gasteiger partial charge >= 0.3 is 0 Å². The number of hydrogen-bond acceptors (Lipinski definition) is 3. The number of hydrogen-bond donors (Lipinski definition) is 1. The zero-order chi connectivity index (χ0) is 14.5. The molecule has 1 aromatic rings. The average molecular weight is 276 g/mol. The summed E-state index contributed by atoms with van der Waals surface area (Å²) in [6.07, 6.45) is 0.796. The zero-order valence-electron chi connectivity index (χ0n) is 12.5. The molecule has 110 valence electrons. The van der Waals surface area contributed by atoms with Crippen LogP contribution in [0.3, 0.4) is 0 Å². The van der Waals surface area contributed by atoms with E-state index in [9.17, 15) is 4.79 Å². The van der Waals surface area contributed by atoms with E-state index in [1.165, 1.54) is 0 Å². The van der Waals surface area contributed by atoms with Gasteiger partial charge in [-0.05, 0) is 17.9 Å². The molecule has 1 N–H and O–H groups in total. The monoisotopic (exact) mass is 276 g/mol. The van der Waals surface area contributed by atoms with Crippen LogP contribution in [0.1, 0.15) is 32.0 Å². The normalized spacial score (nSPS) is 24.1. The molecule has 0 aromatic heterocycles. The van der Waals surface area contributed by atoms with Gasteiger partial charge in [0.2, 0.25) is 5.91 Å². The Labute approximate surface area is 121 Å². The number of carbonyl (C=O) groups excluding carboxylic acids is 1. The summed E-state index contributed by atoms with van der Waals surface area (Å²) in [4.78, 5) is 14.4. The van der Waals surface area contributed by atoms with Crippen molar-refractivity contribution in [1.29, 1.82) is 0 Å². The highest BCUT2D eigenvalue weighted by Crippen LogP contribution is 2.27. The lowest BCUT2D eigenvalue weighted by molar-refractivity contribution is -0.130. The van der Waals surface area contributed by atoms with Gasteiger partial charge < -0.3 is 9.64 Å². The van der Waals surface area contributed by atoms with Crippen molar-refractivity contribution in [2.45, 2.75) is 32.5 Å². The van der Waals surface area contributed by atoms with Crippen molar-refractivity contribution in [3.63, 3.8) is 0 Å². The quantitative estimate of drug-likeness (QED) is 0.866. The summed E-state index contributed by atoms with van der Waals surface area (Å²) in [5.74, 6) is 0.525. The fourth-order valence-electron chi connectivity index (χ4n) is 2.75. The molecule has 1 heterocycles. The number of methoxy groups -OCH3 is 1. The molecule has 0 spiro atoms. The Hall–Kier alpha value is -1.39. The second-order valence-corrected chi connectivity index (χ2v) is 5.49. The van der Waals surface area contributed by atoms with Crippen LogP contribution in [0.15, 0.2) is 30.3 Å². The van der Waals surface area contributed by atoms with Crippen LogP contribution in [-0.4, -0.2) is 37.1 Å². The maximum Gasteiger partial charge on any atom is 0.241 e. The molecule has 1 saturated heterocycles. The first-order chi connectivity index (χ1) is 9.67. The molecule has 4 nitrogen and oxygen atoms in total. The van der Waals surface area contributed by atoms with Crippen LogP contribution in [0.4, 0.5) is 0 Å². The van der Waals surface area contributed by atoms with Crippen LogP contribution in [-0.2, 0) is 9.53 Å². The van der Waals surface area contributed by atoms with Gasteiger partial charge in [-0.2, -0.15) is 0 Å². The summed E-state index contributed by atoms with van der Waals surface area (Å²) in [6.45, 7) is 5.54. The molecule has 3 atom stereocenters. The van der Waals surface area contributed by atoms with Gasteiger partial charge in [0.15, 0.2) is 0 Å². The first-order valence-electron chi connectivity index (χ1n) is 7.27. The van der Waals surface area contributed by atoms with E-state index < -0.39 is 0 Å². The summed E-state index contributed by atoms with van der Waals surface area (Å²) in [5.41, 5.74) is 1.14. The third kappa shape index (κ3) is 3.19. The number of amides is 1. The second-order valence-electron chi connectivity index (χ2n) is 5.49. The van der Waals surface area contributed by atoms with Gasteiger partial charge in [0, 0.05) is 13.7 Å². The molecular formula is C16H24N2O2. The molecule has 1 fully saturated rings. The fourth-order valence-corrected chi connectivity index (χ4v) is 2.75. The molecule has 4 heteroatoms. The highest BCUT2D eigenvalue weighted by Gasteiger charge is 2.38. The van der Waals surface area contributed by atoms with Crippen LogP contribution < -0.4 is 5.32 Å². The molecule has 2 rings (SSSR count). The molecule has 1 aliphatic heterocycles. The lowest BCUT2D eigenvalue weighted by atomic mass is 10.1. The Balaban J connectivity index is 2.17. The van der Waals surface area contributed by atoms with Gasteiger partial charge in [-0.3, -0.25) is 10.1 Å². The number of carbonyl (C=O) groups is 1. The Morgan fingerprint density at radius 2 is 2.05 bits per heavy atom. The molecule has 3 unspecified atom stereocenters. The van der Waals surface area contributed by atoms with Crippen LogP contribution in [0.25, 0.3) is 0 Å². The van der Waals surface area contributed by atoms with Crippen molar-refractivity contribution >= 4 is 5.91 Å². The van der Waals surface area contributed by atoms with E-state index in [4.69, 9.17) is 4.74 Å². The third-order valence-corrected chi connectivity index (χ3v) is 3.74. The van der Waals surface area contributed by atoms with E-state index >= 15 is 0 Å². The maximum absolute atomic E-state index is 12.5. The molecule has 20 heavy (non-hydrogen) atoms. The summed E-state index contributed by atoms with van der Waals surface area (Å²) >= 11 is 0. The SMILES string of the molecule is CCC1NC(c2ccccc2)N(CC(C)COC)C1=O. The minimum absolute atomic E-state index is 0.0204. The van der Waals surface area contributed by atoms with E-state index in [1.807, 2.05) is 30.0 Å². The Morgan fingerprint density at radius 3 is 2.65 bits per heavy atom. The van der Waals surface area contributed by atoms with Gasteiger partial charge in [-0.15, -0.1) is 0 Å². The summed E-state index contributed by atoms with van der Waals surface area (Å²) in [6, 6.07) is 10.1. The number of rotatable bonds is 6. The molecular weight excluding hydrogens is 252 g/mol. The third-order valence-electron chi connectivity index (χ3n) is 3.74. The minimum atomic E-state index is -0.0741. The fraction of sp³-hybridized carbons (Fsp3) is 0.562. The van der Waals surface area contributed by atoms with Crippen molar-refractivity contribution in [1.82, 2.24) is 10.2 Å². The number of benzene rings is 1. The van der Waals surface area contributed by atoms with E-state index in [1.54, 1.807) is 7.11 Å². The lowest BCUT2D eigenvalue weighted by Crippen LogP contribution is -2.35. The average Bonchev–Trinajstić information content (AvgIpc) is 2.77. The highest BCUT2D eigenvalue weighted by molar-refractivity contribution is 5.84. The summed E-state index contributed by atoms with van der Waals surface area (Å²) in [7, 11) is 1.70. The van der Waals surface area contributed by atoms with E-state index in [0.717, 1.165) is 18.5 Å². The largest absolute Gasteiger partial charge is 0.384 e. The van der Waals surface area contributed by atoms with Gasteiger partial charge in [-0.1, -0.05) is 44.2 Å². The first kappa shape index (κ1) is 15.0. The Morgan fingerprint density at radius 1 is 1.35 bits per heavy atom. The lowest BCUT2D eigenvalue weighted by Gasteiger charge is -2.27. The Bertz CT molecular complexity index is 435. The van der Waals surface area contributed by atoms with Crippen molar-refractivity contribution in [2.24, 2.45) is 5.92 Å². The number of nitrogens with zero attached hydrogens (tertiary/aromatic N) is 1. The zero-order valence-corrected chi connectivity index (χ0v) is 12.5. The molecule has 1 amide bonds. The van der Waals surface area contributed by atoms with Crippen LogP contribution in [0.5, 0.6) is 0 Å².